The van der Waals surface area contributed by atoms with Crippen molar-refractivity contribution in [3.05, 3.63) is 51.1 Å². The number of anilines is 1. The summed E-state index contributed by atoms with van der Waals surface area (Å²) in [6, 6.07) is 3.27. The van der Waals surface area contributed by atoms with E-state index in [0.29, 0.717) is 30.1 Å². The molecule has 0 saturated carbocycles. The molecule has 1 amide bonds. The highest BCUT2D eigenvalue weighted by Crippen LogP contribution is 2.33. The van der Waals surface area contributed by atoms with Gasteiger partial charge in [-0.3, -0.25) is 9.52 Å². The predicted molar refractivity (Wildman–Crippen MR) is 160 cm³/mol. The van der Waals surface area contributed by atoms with Gasteiger partial charge in [-0.15, -0.1) is 0 Å². The van der Waals surface area contributed by atoms with E-state index in [0.717, 1.165) is 73.6 Å². The monoisotopic (exact) mass is 544 g/mol. The van der Waals surface area contributed by atoms with E-state index in [-0.39, 0.29) is 17.2 Å². The number of hydrogen-bond acceptors (Lipinski definition) is 4. The molecule has 2 aromatic rings. The number of benzene rings is 2. The Balaban J connectivity index is 2.26. The molecule has 0 aliphatic rings. The summed E-state index contributed by atoms with van der Waals surface area (Å²) in [7, 11) is 0. The van der Waals surface area contributed by atoms with Crippen LogP contribution >= 0.6 is 0 Å². The van der Waals surface area contributed by atoms with Gasteiger partial charge in [-0.25, -0.2) is 0 Å². The molecule has 0 fully saturated rings. The molecule has 2 aromatic carbocycles. The summed E-state index contributed by atoms with van der Waals surface area (Å²) in [6.07, 6.45) is 8.60. The van der Waals surface area contributed by atoms with Crippen LogP contribution in [0, 0.1) is 41.5 Å². The number of hydrogen-bond donors (Lipinski definition) is 2. The van der Waals surface area contributed by atoms with E-state index in [4.69, 9.17) is 4.18 Å². The van der Waals surface area contributed by atoms with Gasteiger partial charge in [-0.2, -0.15) is 4.21 Å². The first kappa shape index (κ1) is 31.7. The molecule has 2 rings (SSSR count). The van der Waals surface area contributed by atoms with Crippen molar-refractivity contribution in [3.8, 4) is 11.5 Å². The lowest BCUT2D eigenvalue weighted by Crippen LogP contribution is -2.33. The number of amides is 1. The molecule has 2 N–H and O–H groups in total. The van der Waals surface area contributed by atoms with Crippen LogP contribution in [0.3, 0.4) is 0 Å². The molecule has 1 atom stereocenters. The van der Waals surface area contributed by atoms with Gasteiger partial charge < -0.3 is 14.2 Å². The third kappa shape index (κ3) is 8.23. The zero-order chi connectivity index (χ0) is 28.4. The zero-order valence-corrected chi connectivity index (χ0v) is 25.6. The largest absolute Gasteiger partial charge is 0.507 e. The SMILES string of the molecule is CCCCCCN(CCCCCC)C(=O)c1cc(NS(=O)Oc2c(C)c(C)c(C)c(C)c2C)cc(C)c1O. The number of nitrogens with zero attached hydrogens (tertiary/aromatic N) is 1. The number of carbonyl (C=O) groups excluding carboxylic acids is 1. The standard InChI is InChI=1S/C31H48N2O4S/c1-9-11-13-15-17-33(18-16-14-12-10-2)31(35)28-20-27(19-21(3)29(28)34)32-38(36)37-30-25(7)23(5)22(4)24(6)26(30)8/h19-20,32,34H,9-18H2,1-8H3. The molecule has 6 nitrogen and oxygen atoms in total. The second-order valence-corrected chi connectivity index (χ2v) is 11.3. The number of carbonyl (C=O) groups is 1. The minimum Gasteiger partial charge on any atom is -0.507 e. The number of aromatic hydroxyl groups is 1. The maximum atomic E-state index is 13.6. The third-order valence-corrected chi connectivity index (χ3v) is 8.39. The smallest absolute Gasteiger partial charge is 0.316 e. The number of phenols is 1. The number of aryl methyl sites for hydroxylation is 1. The average Bonchev–Trinajstić information content (AvgIpc) is 2.89. The summed E-state index contributed by atoms with van der Waals surface area (Å²) in [5, 5.41) is 10.8. The second kappa shape index (κ2) is 15.2. The van der Waals surface area contributed by atoms with E-state index in [9.17, 15) is 14.1 Å². The van der Waals surface area contributed by atoms with E-state index in [1.807, 2.05) is 32.6 Å². The molecule has 38 heavy (non-hydrogen) atoms. The lowest BCUT2D eigenvalue weighted by atomic mass is 9.94. The summed E-state index contributed by atoms with van der Waals surface area (Å²) in [6.45, 7) is 17.5. The predicted octanol–water partition coefficient (Wildman–Crippen LogP) is 7.92. The van der Waals surface area contributed by atoms with Crippen LogP contribution in [0.5, 0.6) is 11.5 Å². The van der Waals surface area contributed by atoms with Crippen molar-refractivity contribution in [2.75, 3.05) is 17.8 Å². The van der Waals surface area contributed by atoms with Crippen LogP contribution in [-0.2, 0) is 11.3 Å². The first-order chi connectivity index (χ1) is 18.0. The maximum Gasteiger partial charge on any atom is 0.316 e. The lowest BCUT2D eigenvalue weighted by molar-refractivity contribution is 0.0746. The van der Waals surface area contributed by atoms with Crippen molar-refractivity contribution in [1.29, 1.82) is 0 Å². The quantitative estimate of drug-likeness (QED) is 0.176. The van der Waals surface area contributed by atoms with Crippen LogP contribution in [-0.4, -0.2) is 33.2 Å². The van der Waals surface area contributed by atoms with Crippen molar-refractivity contribution < 1.29 is 18.3 Å². The number of nitrogens with one attached hydrogen (secondary N) is 1. The Bertz CT molecular complexity index is 1090. The fraction of sp³-hybridized carbons (Fsp3) is 0.581. The van der Waals surface area contributed by atoms with Gasteiger partial charge in [0.25, 0.3) is 5.91 Å². The number of unbranched alkanes of at least 4 members (excludes halogenated alkanes) is 6. The second-order valence-electron chi connectivity index (χ2n) is 10.5. The van der Waals surface area contributed by atoms with Crippen molar-refractivity contribution in [2.45, 2.75) is 107 Å². The maximum absolute atomic E-state index is 13.6. The van der Waals surface area contributed by atoms with Crippen molar-refractivity contribution >= 4 is 22.9 Å². The molecule has 0 heterocycles. The molecule has 1 unspecified atom stereocenters. The van der Waals surface area contributed by atoms with Crippen molar-refractivity contribution in [1.82, 2.24) is 4.90 Å². The molecule has 0 radical (unpaired) electrons. The van der Waals surface area contributed by atoms with Gasteiger partial charge in [0.15, 0.2) is 0 Å². The van der Waals surface area contributed by atoms with Crippen LogP contribution < -0.4 is 8.91 Å². The summed E-state index contributed by atoms with van der Waals surface area (Å²) in [5.41, 5.74) is 6.59. The lowest BCUT2D eigenvalue weighted by Gasteiger charge is -2.24. The molecule has 0 aliphatic carbocycles. The summed E-state index contributed by atoms with van der Waals surface area (Å²) in [4.78, 5) is 15.5. The fourth-order valence-electron chi connectivity index (χ4n) is 4.73. The molecular formula is C31H48N2O4S. The van der Waals surface area contributed by atoms with Gasteiger partial charge in [0.1, 0.15) is 11.5 Å². The van der Waals surface area contributed by atoms with Gasteiger partial charge in [0.2, 0.25) is 0 Å². The molecule has 0 saturated heterocycles. The Hall–Kier alpha value is -2.54. The topological polar surface area (TPSA) is 78.9 Å². The van der Waals surface area contributed by atoms with Crippen LogP contribution in [0.15, 0.2) is 12.1 Å². The first-order valence-corrected chi connectivity index (χ1v) is 15.2. The highest BCUT2D eigenvalue weighted by Gasteiger charge is 2.22. The summed E-state index contributed by atoms with van der Waals surface area (Å²) >= 11 is -1.88. The highest BCUT2D eigenvalue weighted by atomic mass is 32.2. The van der Waals surface area contributed by atoms with Crippen LogP contribution in [0.25, 0.3) is 0 Å². The third-order valence-electron chi connectivity index (χ3n) is 7.67. The Kier molecular flexibility index (Phi) is 12.6. The summed E-state index contributed by atoms with van der Waals surface area (Å²) in [5.74, 6) is 0.384. The van der Waals surface area contributed by atoms with Gasteiger partial charge in [0.05, 0.1) is 11.3 Å². The average molecular weight is 545 g/mol. The molecule has 0 spiro atoms. The van der Waals surface area contributed by atoms with Crippen molar-refractivity contribution in [2.24, 2.45) is 0 Å². The number of phenolic OH excluding ortho intramolecular Hbond substituents is 1. The molecule has 0 aliphatic heterocycles. The molecule has 0 bridgehead atoms. The highest BCUT2D eigenvalue weighted by molar-refractivity contribution is 7.82. The van der Waals surface area contributed by atoms with E-state index in [1.165, 1.54) is 5.56 Å². The van der Waals surface area contributed by atoms with E-state index in [1.54, 1.807) is 19.1 Å². The normalized spacial score (nSPS) is 11.9. The first-order valence-electron chi connectivity index (χ1n) is 14.1. The van der Waals surface area contributed by atoms with Crippen LogP contribution in [0.1, 0.15) is 109 Å². The zero-order valence-electron chi connectivity index (χ0n) is 24.8. The fourth-order valence-corrected chi connectivity index (χ4v) is 5.48. The van der Waals surface area contributed by atoms with E-state index in [2.05, 4.69) is 25.5 Å². The minimum absolute atomic E-state index is 0.0316. The van der Waals surface area contributed by atoms with E-state index < -0.39 is 11.3 Å². The van der Waals surface area contributed by atoms with Crippen LogP contribution in [0.4, 0.5) is 5.69 Å². The Morgan fingerprint density at radius 2 is 1.32 bits per heavy atom. The molecule has 7 heteroatoms. The Morgan fingerprint density at radius 1 is 0.816 bits per heavy atom. The molecule has 212 valence electrons. The van der Waals surface area contributed by atoms with Crippen molar-refractivity contribution in [3.63, 3.8) is 0 Å². The van der Waals surface area contributed by atoms with Crippen LogP contribution in [0.2, 0.25) is 0 Å². The number of rotatable bonds is 15. The van der Waals surface area contributed by atoms with Gasteiger partial charge in [0, 0.05) is 13.1 Å². The Labute approximate surface area is 233 Å². The molecule has 0 aromatic heterocycles. The Morgan fingerprint density at radius 3 is 1.82 bits per heavy atom. The summed E-state index contributed by atoms with van der Waals surface area (Å²) < 4.78 is 21.8. The molecular weight excluding hydrogens is 496 g/mol. The van der Waals surface area contributed by atoms with Gasteiger partial charge >= 0.3 is 11.3 Å². The van der Waals surface area contributed by atoms with Gasteiger partial charge in [-0.1, -0.05) is 52.4 Å². The van der Waals surface area contributed by atoms with E-state index >= 15 is 0 Å². The van der Waals surface area contributed by atoms with Gasteiger partial charge in [-0.05, 0) is 99.9 Å². The minimum atomic E-state index is -1.88.